The Morgan fingerprint density at radius 1 is 1.18 bits per heavy atom. The van der Waals surface area contributed by atoms with Crippen LogP contribution < -0.4 is 0 Å². The third-order valence-electron chi connectivity index (χ3n) is 2.04. The van der Waals surface area contributed by atoms with Crippen LogP contribution in [0.4, 0.5) is 0 Å². The minimum Gasteiger partial charge on any atom is -0.396 e. The molecule has 0 aromatic carbocycles. The van der Waals surface area contributed by atoms with Gasteiger partial charge in [-0.3, -0.25) is 0 Å². The first-order valence-electron chi connectivity index (χ1n) is 6.69. The van der Waals surface area contributed by atoms with Gasteiger partial charge in [0, 0.05) is 19.8 Å². The van der Waals surface area contributed by atoms with E-state index in [1.165, 1.54) is 6.42 Å². The molecule has 2 saturated heterocycles. The number of hydrogen-bond donors (Lipinski definition) is 1. The van der Waals surface area contributed by atoms with Crippen molar-refractivity contribution in [3.05, 3.63) is 0 Å². The van der Waals surface area contributed by atoms with E-state index in [0.717, 1.165) is 52.3 Å². The molecule has 4 heteroatoms. The molecule has 2 heterocycles. The number of aliphatic hydroxyl groups is 1. The monoisotopic (exact) mass is 248 g/mol. The second kappa shape index (κ2) is 13.9. The van der Waals surface area contributed by atoms with Crippen LogP contribution in [-0.2, 0) is 14.2 Å². The minimum absolute atomic E-state index is 0.289. The van der Waals surface area contributed by atoms with E-state index in [1.54, 1.807) is 0 Å². The fourth-order valence-corrected chi connectivity index (χ4v) is 0.761. The fraction of sp³-hybridized carbons (Fsp3) is 1.00. The Balaban J connectivity index is 0.000000289. The lowest BCUT2D eigenvalue weighted by atomic mass is 10.3. The first kappa shape index (κ1) is 16.8. The summed E-state index contributed by atoms with van der Waals surface area (Å²) in [6.45, 7) is 9.16. The second-order valence-corrected chi connectivity index (χ2v) is 4.15. The molecule has 0 spiro atoms. The average molecular weight is 248 g/mol. The Labute approximate surface area is 105 Å². The van der Waals surface area contributed by atoms with Crippen LogP contribution in [0.15, 0.2) is 0 Å². The molecule has 0 amide bonds. The van der Waals surface area contributed by atoms with E-state index in [1.807, 2.05) is 0 Å². The normalized spacial score (nSPS) is 19.6. The maximum Gasteiger partial charge on any atom is 0.0781 e. The topological polar surface area (TPSA) is 54.5 Å². The number of ether oxygens (including phenoxy) is 3. The molecule has 0 radical (unpaired) electrons. The van der Waals surface area contributed by atoms with E-state index in [-0.39, 0.29) is 6.61 Å². The van der Waals surface area contributed by atoms with Crippen LogP contribution >= 0.6 is 0 Å². The lowest BCUT2D eigenvalue weighted by molar-refractivity contribution is 0.122. The van der Waals surface area contributed by atoms with Gasteiger partial charge >= 0.3 is 0 Å². The summed E-state index contributed by atoms with van der Waals surface area (Å²) in [6.07, 6.45) is 4.78. The fourth-order valence-electron chi connectivity index (χ4n) is 0.761. The van der Waals surface area contributed by atoms with Gasteiger partial charge in [-0.2, -0.15) is 0 Å². The summed E-state index contributed by atoms with van der Waals surface area (Å²) in [6, 6.07) is 0. The molecule has 104 valence electrons. The molecule has 2 aliphatic rings. The summed E-state index contributed by atoms with van der Waals surface area (Å²) in [7, 11) is 0. The molecule has 2 fully saturated rings. The van der Waals surface area contributed by atoms with Crippen LogP contribution in [0.1, 0.15) is 39.5 Å². The maximum absolute atomic E-state index is 8.41. The molecule has 0 saturated carbocycles. The van der Waals surface area contributed by atoms with Gasteiger partial charge in [0.1, 0.15) is 0 Å². The zero-order valence-electron chi connectivity index (χ0n) is 11.3. The summed E-state index contributed by atoms with van der Waals surface area (Å²) in [5.41, 5.74) is 0. The van der Waals surface area contributed by atoms with Crippen molar-refractivity contribution in [2.24, 2.45) is 0 Å². The van der Waals surface area contributed by atoms with Crippen LogP contribution in [0.5, 0.6) is 0 Å². The number of epoxide rings is 2. The van der Waals surface area contributed by atoms with E-state index in [9.17, 15) is 0 Å². The molecule has 0 aromatic heterocycles. The Morgan fingerprint density at radius 3 is 2.06 bits per heavy atom. The Kier molecular flexibility index (Phi) is 13.8. The van der Waals surface area contributed by atoms with Crippen molar-refractivity contribution in [3.8, 4) is 0 Å². The van der Waals surface area contributed by atoms with Gasteiger partial charge in [0.25, 0.3) is 0 Å². The van der Waals surface area contributed by atoms with Crippen LogP contribution in [0.25, 0.3) is 0 Å². The van der Waals surface area contributed by atoms with Crippen molar-refractivity contribution < 1.29 is 19.3 Å². The van der Waals surface area contributed by atoms with Gasteiger partial charge in [0.05, 0.1) is 25.9 Å². The molecule has 2 rings (SSSR count). The maximum atomic E-state index is 8.41. The van der Waals surface area contributed by atoms with Crippen molar-refractivity contribution in [3.63, 3.8) is 0 Å². The summed E-state index contributed by atoms with van der Waals surface area (Å²) < 4.78 is 14.5. The van der Waals surface area contributed by atoms with E-state index in [0.29, 0.717) is 6.10 Å². The van der Waals surface area contributed by atoms with Crippen LogP contribution in [0, 0.1) is 0 Å². The van der Waals surface area contributed by atoms with Crippen LogP contribution in [0.2, 0.25) is 0 Å². The van der Waals surface area contributed by atoms with E-state index >= 15 is 0 Å². The van der Waals surface area contributed by atoms with Gasteiger partial charge in [-0.15, -0.1) is 0 Å². The molecule has 0 aromatic rings. The smallest absolute Gasteiger partial charge is 0.0781 e. The molecule has 4 nitrogen and oxygen atoms in total. The highest BCUT2D eigenvalue weighted by atomic mass is 16.6. The van der Waals surface area contributed by atoms with E-state index < -0.39 is 0 Å². The Morgan fingerprint density at radius 2 is 1.71 bits per heavy atom. The molecular formula is C13H28O4. The quantitative estimate of drug-likeness (QED) is 0.553. The van der Waals surface area contributed by atoms with Gasteiger partial charge < -0.3 is 19.3 Å². The van der Waals surface area contributed by atoms with Gasteiger partial charge in [-0.1, -0.05) is 13.3 Å². The van der Waals surface area contributed by atoms with Gasteiger partial charge in [-0.05, 0) is 26.2 Å². The molecule has 0 bridgehead atoms. The highest BCUT2D eigenvalue weighted by Crippen LogP contribution is 2.04. The molecule has 1 atom stereocenters. The molecule has 2 aliphatic heterocycles. The highest BCUT2D eigenvalue weighted by Gasteiger charge is 2.13. The number of aliphatic hydroxyl groups excluding tert-OH is 1. The predicted octanol–water partition coefficient (Wildman–Crippen LogP) is 2.00. The third-order valence-corrected chi connectivity index (χ3v) is 2.04. The van der Waals surface area contributed by atoms with Crippen LogP contribution in [0.3, 0.4) is 0 Å². The Hall–Kier alpha value is -0.160. The van der Waals surface area contributed by atoms with Gasteiger partial charge in [0.2, 0.25) is 0 Å². The predicted molar refractivity (Wildman–Crippen MR) is 68.3 cm³/mol. The molecule has 17 heavy (non-hydrogen) atoms. The van der Waals surface area contributed by atoms with Crippen LogP contribution in [-0.4, -0.2) is 50.9 Å². The number of unbranched alkanes of at least 4 members (excludes halogenated alkanes) is 2. The molecule has 1 unspecified atom stereocenters. The molecule has 1 N–H and O–H groups in total. The summed E-state index contributed by atoms with van der Waals surface area (Å²) in [5.74, 6) is 0. The van der Waals surface area contributed by atoms with Crippen molar-refractivity contribution in [2.45, 2.75) is 45.6 Å². The zero-order valence-corrected chi connectivity index (χ0v) is 11.3. The first-order valence-corrected chi connectivity index (χ1v) is 6.69. The van der Waals surface area contributed by atoms with Crippen molar-refractivity contribution >= 4 is 0 Å². The molecular weight excluding hydrogens is 220 g/mol. The minimum atomic E-state index is 0.289. The standard InChI is InChI=1S/C8H18O2.C3H6O.C2H4O/c1-2-3-7-10-8-5-4-6-9;1-3-2-4-3;1-2-3-1/h9H,2-8H2,1H3;3H,2H2,1H3;1-2H2. The SMILES string of the molecule is C1CO1.CC1CO1.CCCCOCCCCO. The van der Waals surface area contributed by atoms with Crippen molar-refractivity contribution in [2.75, 3.05) is 39.6 Å². The van der Waals surface area contributed by atoms with Crippen molar-refractivity contribution in [1.82, 2.24) is 0 Å². The summed E-state index contributed by atoms with van der Waals surface area (Å²) >= 11 is 0. The summed E-state index contributed by atoms with van der Waals surface area (Å²) in [4.78, 5) is 0. The number of rotatable bonds is 7. The number of hydrogen-bond acceptors (Lipinski definition) is 4. The first-order chi connectivity index (χ1) is 8.31. The Bertz CT molecular complexity index is 125. The van der Waals surface area contributed by atoms with E-state index in [2.05, 4.69) is 18.6 Å². The summed E-state index contributed by atoms with van der Waals surface area (Å²) in [5, 5.41) is 8.41. The second-order valence-electron chi connectivity index (χ2n) is 4.15. The molecule has 0 aliphatic carbocycles. The van der Waals surface area contributed by atoms with E-state index in [4.69, 9.17) is 14.6 Å². The lowest BCUT2D eigenvalue weighted by Crippen LogP contribution is -1.97. The largest absolute Gasteiger partial charge is 0.396 e. The highest BCUT2D eigenvalue weighted by molar-refractivity contribution is 4.58. The lowest BCUT2D eigenvalue weighted by Gasteiger charge is -2.00. The van der Waals surface area contributed by atoms with Gasteiger partial charge in [-0.25, -0.2) is 0 Å². The third kappa shape index (κ3) is 25.8. The average Bonchev–Trinajstić information content (AvgIpc) is 3.16. The zero-order chi connectivity index (χ0) is 12.8. The van der Waals surface area contributed by atoms with Gasteiger partial charge in [0.15, 0.2) is 0 Å². The van der Waals surface area contributed by atoms with Crippen molar-refractivity contribution in [1.29, 1.82) is 0 Å².